The Kier molecular flexibility index (Phi) is 5.64. The van der Waals surface area contributed by atoms with Gasteiger partial charge in [0, 0.05) is 0 Å². The van der Waals surface area contributed by atoms with Crippen LogP contribution in [-0.4, -0.2) is 19.8 Å². The van der Waals surface area contributed by atoms with Crippen LogP contribution >= 0.6 is 0 Å². The van der Waals surface area contributed by atoms with E-state index in [2.05, 4.69) is 25.1 Å². The van der Waals surface area contributed by atoms with E-state index in [1.165, 1.54) is 0 Å². The second kappa shape index (κ2) is 7.72. The molecule has 0 spiro atoms. The average Bonchev–Trinajstić information content (AvgIpc) is 2.49. The van der Waals surface area contributed by atoms with Gasteiger partial charge >= 0.3 is 0 Å². The van der Waals surface area contributed by atoms with Crippen LogP contribution in [0.2, 0.25) is 0 Å². The highest BCUT2D eigenvalue weighted by Crippen LogP contribution is 2.25. The minimum absolute atomic E-state index is 0.482. The van der Waals surface area contributed by atoms with Crippen LogP contribution in [0.1, 0.15) is 25.3 Å². The molecule has 0 saturated carbocycles. The fourth-order valence-corrected chi connectivity index (χ4v) is 2.37. The van der Waals surface area contributed by atoms with Crippen molar-refractivity contribution in [1.82, 2.24) is 0 Å². The van der Waals surface area contributed by atoms with Gasteiger partial charge in [0.1, 0.15) is 18.4 Å². The molecule has 3 heteroatoms. The van der Waals surface area contributed by atoms with Crippen molar-refractivity contribution in [2.45, 2.75) is 19.8 Å². The smallest absolute Gasteiger partial charge is 0.137 e. The van der Waals surface area contributed by atoms with Gasteiger partial charge in [-0.15, -0.1) is 0 Å². The molecule has 0 heterocycles. The topological polar surface area (TPSA) is 42.2 Å². The summed E-state index contributed by atoms with van der Waals surface area (Å²) < 4.78 is 11.3. The summed E-state index contributed by atoms with van der Waals surface area (Å²) in [6, 6.07) is 9.39. The fraction of sp³-hybridized carbons (Fsp3) is 0.471. The lowest BCUT2D eigenvalue weighted by Crippen LogP contribution is -2.21. The molecule has 0 aromatic heterocycles. The summed E-state index contributed by atoms with van der Waals surface area (Å²) in [7, 11) is 0. The van der Waals surface area contributed by atoms with Crippen LogP contribution in [0.5, 0.6) is 5.75 Å². The molecule has 1 aromatic carbocycles. The van der Waals surface area contributed by atoms with E-state index in [9.17, 15) is 0 Å². The lowest BCUT2D eigenvalue weighted by Gasteiger charge is -2.24. The predicted octanol–water partition coefficient (Wildman–Crippen LogP) is 3.56. The molecule has 1 aliphatic carbocycles. The molecular formula is C17H21NO2. The summed E-state index contributed by atoms with van der Waals surface area (Å²) in [5.41, 5.74) is 0.568. The Morgan fingerprint density at radius 2 is 2.00 bits per heavy atom. The molecule has 2 rings (SSSR count). The van der Waals surface area contributed by atoms with Crippen LogP contribution in [0.15, 0.2) is 36.4 Å². The lowest BCUT2D eigenvalue weighted by atomic mass is 9.85. The van der Waals surface area contributed by atoms with Crippen molar-refractivity contribution in [3.8, 4) is 11.8 Å². The van der Waals surface area contributed by atoms with Crippen molar-refractivity contribution < 1.29 is 9.47 Å². The van der Waals surface area contributed by atoms with Gasteiger partial charge in [-0.05, 0) is 36.8 Å². The maximum Gasteiger partial charge on any atom is 0.137 e. The molecule has 0 radical (unpaired) electrons. The van der Waals surface area contributed by atoms with Crippen molar-refractivity contribution in [1.29, 1.82) is 5.26 Å². The normalized spacial score (nSPS) is 21.4. The molecule has 0 N–H and O–H groups in total. The van der Waals surface area contributed by atoms with E-state index < -0.39 is 0 Å². The molecule has 3 nitrogen and oxygen atoms in total. The van der Waals surface area contributed by atoms with Crippen molar-refractivity contribution in [3.05, 3.63) is 42.0 Å². The molecule has 1 aliphatic rings. The Morgan fingerprint density at radius 3 is 2.80 bits per heavy atom. The van der Waals surface area contributed by atoms with Gasteiger partial charge in [0.2, 0.25) is 0 Å². The Morgan fingerprint density at radius 1 is 1.20 bits per heavy atom. The first-order valence-corrected chi connectivity index (χ1v) is 7.16. The highest BCUT2D eigenvalue weighted by molar-refractivity contribution is 5.42. The van der Waals surface area contributed by atoms with Gasteiger partial charge in [-0.2, -0.15) is 5.26 Å². The van der Waals surface area contributed by atoms with Crippen molar-refractivity contribution in [2.75, 3.05) is 19.8 Å². The first kappa shape index (κ1) is 14.6. The average molecular weight is 271 g/mol. The van der Waals surface area contributed by atoms with Crippen molar-refractivity contribution in [3.63, 3.8) is 0 Å². The molecular weight excluding hydrogens is 250 g/mol. The molecule has 2 atom stereocenters. The summed E-state index contributed by atoms with van der Waals surface area (Å²) in [5.74, 6) is 1.94. The number of rotatable bonds is 6. The third-order valence-electron chi connectivity index (χ3n) is 3.74. The van der Waals surface area contributed by atoms with Gasteiger partial charge < -0.3 is 9.47 Å². The Hall–Kier alpha value is -1.79. The zero-order valence-electron chi connectivity index (χ0n) is 11.9. The zero-order valence-corrected chi connectivity index (χ0v) is 11.9. The number of hydrogen-bond donors (Lipinski definition) is 0. The first-order valence-electron chi connectivity index (χ1n) is 7.16. The van der Waals surface area contributed by atoms with E-state index in [-0.39, 0.29) is 0 Å². The van der Waals surface area contributed by atoms with Crippen LogP contribution in [0.3, 0.4) is 0 Å². The van der Waals surface area contributed by atoms with Crippen LogP contribution in [0, 0.1) is 23.2 Å². The number of allylic oxidation sites excluding steroid dienone is 2. The van der Waals surface area contributed by atoms with Crippen LogP contribution < -0.4 is 4.74 Å². The van der Waals surface area contributed by atoms with Gasteiger partial charge in [-0.3, -0.25) is 0 Å². The number of nitrogens with zero attached hydrogens (tertiary/aromatic N) is 1. The Balaban J connectivity index is 1.67. The third kappa shape index (κ3) is 4.11. The molecule has 0 amide bonds. The lowest BCUT2D eigenvalue weighted by molar-refractivity contribution is 0.0586. The SMILES string of the molecule is CC1CC=CCC1COCCOc1ccccc1C#N. The molecule has 0 aliphatic heterocycles. The van der Waals surface area contributed by atoms with E-state index in [4.69, 9.17) is 14.7 Å². The number of ether oxygens (including phenoxy) is 2. The highest BCUT2D eigenvalue weighted by atomic mass is 16.5. The van der Waals surface area contributed by atoms with Gasteiger partial charge in [0.05, 0.1) is 18.8 Å². The van der Waals surface area contributed by atoms with Crippen LogP contribution in [0.4, 0.5) is 0 Å². The Bertz CT molecular complexity index is 490. The molecule has 0 bridgehead atoms. The number of hydrogen-bond acceptors (Lipinski definition) is 3. The molecule has 0 saturated heterocycles. The van der Waals surface area contributed by atoms with E-state index in [0.29, 0.717) is 36.4 Å². The first-order chi connectivity index (χ1) is 9.81. The predicted molar refractivity (Wildman–Crippen MR) is 78.5 cm³/mol. The maximum atomic E-state index is 8.95. The molecule has 2 unspecified atom stereocenters. The number of benzene rings is 1. The zero-order chi connectivity index (χ0) is 14.2. The summed E-state index contributed by atoms with van der Waals surface area (Å²) in [6.07, 6.45) is 6.76. The summed E-state index contributed by atoms with van der Waals surface area (Å²) in [6.45, 7) is 4.11. The second-order valence-electron chi connectivity index (χ2n) is 5.21. The largest absolute Gasteiger partial charge is 0.490 e. The van der Waals surface area contributed by atoms with E-state index in [0.717, 1.165) is 19.4 Å². The standard InChI is InChI=1S/C17H21NO2/c1-14-6-2-3-8-16(14)13-19-10-11-20-17-9-5-4-7-15(17)12-18/h2-5,7,9,14,16H,6,8,10-11,13H2,1H3. The third-order valence-corrected chi connectivity index (χ3v) is 3.74. The number of para-hydroxylation sites is 1. The second-order valence-corrected chi connectivity index (χ2v) is 5.21. The van der Waals surface area contributed by atoms with Crippen LogP contribution in [-0.2, 0) is 4.74 Å². The molecule has 106 valence electrons. The minimum Gasteiger partial charge on any atom is -0.490 e. The fourth-order valence-electron chi connectivity index (χ4n) is 2.37. The summed E-state index contributed by atoms with van der Waals surface area (Å²) >= 11 is 0. The number of nitriles is 1. The van der Waals surface area contributed by atoms with Gasteiger partial charge in [0.15, 0.2) is 0 Å². The highest BCUT2D eigenvalue weighted by Gasteiger charge is 2.18. The monoisotopic (exact) mass is 271 g/mol. The van der Waals surface area contributed by atoms with Crippen molar-refractivity contribution >= 4 is 0 Å². The molecule has 0 fully saturated rings. The van der Waals surface area contributed by atoms with E-state index in [1.54, 1.807) is 6.07 Å². The Labute approximate surface area is 120 Å². The molecule has 20 heavy (non-hydrogen) atoms. The van der Waals surface area contributed by atoms with Crippen LogP contribution in [0.25, 0.3) is 0 Å². The minimum atomic E-state index is 0.482. The van der Waals surface area contributed by atoms with Gasteiger partial charge in [-0.25, -0.2) is 0 Å². The van der Waals surface area contributed by atoms with Gasteiger partial charge in [-0.1, -0.05) is 31.2 Å². The van der Waals surface area contributed by atoms with E-state index >= 15 is 0 Å². The quantitative estimate of drug-likeness (QED) is 0.587. The summed E-state index contributed by atoms with van der Waals surface area (Å²) in [5, 5.41) is 8.95. The summed E-state index contributed by atoms with van der Waals surface area (Å²) in [4.78, 5) is 0. The molecule has 1 aromatic rings. The maximum absolute atomic E-state index is 8.95. The van der Waals surface area contributed by atoms with E-state index in [1.807, 2.05) is 18.2 Å². The van der Waals surface area contributed by atoms with Crippen molar-refractivity contribution in [2.24, 2.45) is 11.8 Å². The van der Waals surface area contributed by atoms with Gasteiger partial charge in [0.25, 0.3) is 0 Å².